The van der Waals surface area contributed by atoms with Crippen molar-refractivity contribution in [2.24, 2.45) is 0 Å². The van der Waals surface area contributed by atoms with Gasteiger partial charge < -0.3 is 19.5 Å². The Hall–Kier alpha value is -2.05. The van der Waals surface area contributed by atoms with E-state index in [4.69, 9.17) is 9.47 Å². The molecular formula is C18H20BrNO4. The van der Waals surface area contributed by atoms with E-state index in [0.29, 0.717) is 22.6 Å². The van der Waals surface area contributed by atoms with Gasteiger partial charge >= 0.3 is 0 Å². The molecule has 2 aromatic rings. The predicted molar refractivity (Wildman–Crippen MR) is 95.6 cm³/mol. The van der Waals surface area contributed by atoms with E-state index in [9.17, 15) is 9.90 Å². The van der Waals surface area contributed by atoms with E-state index in [1.807, 2.05) is 12.1 Å². The Labute approximate surface area is 149 Å². The molecule has 0 aliphatic heterocycles. The number of aliphatic hydroxyl groups is 1. The number of carbonyl (C=O) groups is 1. The van der Waals surface area contributed by atoms with Gasteiger partial charge in [-0.05, 0) is 45.8 Å². The van der Waals surface area contributed by atoms with Crippen molar-refractivity contribution in [3.05, 3.63) is 58.1 Å². The molecule has 0 aliphatic carbocycles. The highest BCUT2D eigenvalue weighted by Crippen LogP contribution is 2.30. The van der Waals surface area contributed by atoms with Crippen LogP contribution in [-0.2, 0) is 0 Å². The first-order valence-electron chi connectivity index (χ1n) is 7.38. The summed E-state index contributed by atoms with van der Waals surface area (Å²) in [5.41, 5.74) is 1.21. The van der Waals surface area contributed by atoms with Crippen LogP contribution in [0.3, 0.4) is 0 Å². The van der Waals surface area contributed by atoms with Gasteiger partial charge in [0.1, 0.15) is 0 Å². The normalized spacial score (nSPS) is 11.7. The van der Waals surface area contributed by atoms with E-state index in [-0.39, 0.29) is 12.5 Å². The lowest BCUT2D eigenvalue weighted by Crippen LogP contribution is -2.31. The summed E-state index contributed by atoms with van der Waals surface area (Å²) in [6.45, 7) is 0.162. The summed E-state index contributed by atoms with van der Waals surface area (Å²) >= 11 is 3.37. The number of likely N-dealkylation sites (N-methyl/N-ethyl adjacent to an activating group) is 1. The topological polar surface area (TPSA) is 59.0 Å². The fourth-order valence-corrected chi connectivity index (χ4v) is 2.80. The number of rotatable bonds is 6. The van der Waals surface area contributed by atoms with Crippen molar-refractivity contribution >= 4 is 21.8 Å². The number of aliphatic hydroxyl groups excluding tert-OH is 1. The van der Waals surface area contributed by atoms with Gasteiger partial charge in [0.25, 0.3) is 5.91 Å². The highest BCUT2D eigenvalue weighted by molar-refractivity contribution is 9.10. The van der Waals surface area contributed by atoms with E-state index in [1.54, 1.807) is 44.5 Å². The zero-order chi connectivity index (χ0) is 17.7. The van der Waals surface area contributed by atoms with Crippen LogP contribution in [0.25, 0.3) is 0 Å². The number of benzene rings is 2. The second-order valence-electron chi connectivity index (χ2n) is 5.30. The van der Waals surface area contributed by atoms with Crippen LogP contribution in [0.4, 0.5) is 0 Å². The van der Waals surface area contributed by atoms with Crippen molar-refractivity contribution in [3.8, 4) is 11.5 Å². The minimum atomic E-state index is -0.832. The summed E-state index contributed by atoms with van der Waals surface area (Å²) in [4.78, 5) is 14.0. The summed E-state index contributed by atoms with van der Waals surface area (Å²) in [6, 6.07) is 12.4. The Bertz CT molecular complexity index is 720. The molecule has 0 spiro atoms. The molecule has 0 heterocycles. The van der Waals surface area contributed by atoms with E-state index in [2.05, 4.69) is 15.9 Å². The van der Waals surface area contributed by atoms with Crippen LogP contribution in [0, 0.1) is 0 Å². The average molecular weight is 394 g/mol. The monoisotopic (exact) mass is 393 g/mol. The molecule has 1 N–H and O–H groups in total. The molecule has 0 radical (unpaired) electrons. The molecule has 6 heteroatoms. The van der Waals surface area contributed by atoms with Gasteiger partial charge in [0.15, 0.2) is 11.5 Å². The third-order valence-corrected chi connectivity index (χ3v) is 4.38. The number of nitrogens with zero attached hydrogens (tertiary/aromatic N) is 1. The second-order valence-corrected chi connectivity index (χ2v) is 6.15. The minimum Gasteiger partial charge on any atom is -0.493 e. The summed E-state index contributed by atoms with van der Waals surface area (Å²) in [6.07, 6.45) is -0.832. The van der Waals surface area contributed by atoms with Crippen molar-refractivity contribution in [1.82, 2.24) is 4.90 Å². The molecule has 0 bridgehead atoms. The highest BCUT2D eigenvalue weighted by atomic mass is 79.9. The first kappa shape index (κ1) is 18.3. The van der Waals surface area contributed by atoms with Crippen molar-refractivity contribution in [2.45, 2.75) is 6.10 Å². The first-order chi connectivity index (χ1) is 11.5. The number of hydrogen-bond donors (Lipinski definition) is 1. The van der Waals surface area contributed by atoms with Crippen LogP contribution >= 0.6 is 15.9 Å². The smallest absolute Gasteiger partial charge is 0.254 e. The maximum atomic E-state index is 12.5. The Morgan fingerprint density at radius 1 is 1.17 bits per heavy atom. The average Bonchev–Trinajstić information content (AvgIpc) is 2.60. The van der Waals surface area contributed by atoms with Crippen molar-refractivity contribution < 1.29 is 19.4 Å². The van der Waals surface area contributed by atoms with Gasteiger partial charge in [-0.15, -0.1) is 0 Å². The molecule has 1 unspecified atom stereocenters. The van der Waals surface area contributed by atoms with E-state index in [1.165, 1.54) is 12.0 Å². The van der Waals surface area contributed by atoms with E-state index < -0.39 is 6.10 Å². The molecule has 0 aliphatic rings. The van der Waals surface area contributed by atoms with Gasteiger partial charge in [-0.3, -0.25) is 4.79 Å². The summed E-state index contributed by atoms with van der Waals surface area (Å²) in [7, 11) is 4.75. The largest absolute Gasteiger partial charge is 0.493 e. The van der Waals surface area contributed by atoms with Crippen LogP contribution in [0.2, 0.25) is 0 Å². The molecule has 0 saturated heterocycles. The Morgan fingerprint density at radius 2 is 1.83 bits per heavy atom. The maximum Gasteiger partial charge on any atom is 0.254 e. The molecule has 1 amide bonds. The standard InChI is InChI=1S/C18H20BrNO4/c1-20(18(22)13-6-4-5-7-14(13)19)11-15(21)12-8-9-16(23-2)17(10-12)24-3/h4-10,15,21H,11H2,1-3H3. The van der Waals surface area contributed by atoms with Crippen molar-refractivity contribution in [3.63, 3.8) is 0 Å². The summed E-state index contributed by atoms with van der Waals surface area (Å²) < 4.78 is 11.2. The third-order valence-electron chi connectivity index (χ3n) is 3.69. The Balaban J connectivity index is 2.13. The van der Waals surface area contributed by atoms with Crippen LogP contribution in [0.1, 0.15) is 22.0 Å². The predicted octanol–water partition coefficient (Wildman–Crippen LogP) is 3.27. The summed E-state index contributed by atoms with van der Waals surface area (Å²) in [5, 5.41) is 10.4. The lowest BCUT2D eigenvalue weighted by molar-refractivity contribution is 0.0680. The number of methoxy groups -OCH3 is 2. The van der Waals surface area contributed by atoms with Gasteiger partial charge in [0.2, 0.25) is 0 Å². The molecular weight excluding hydrogens is 374 g/mol. The van der Waals surface area contributed by atoms with Gasteiger partial charge in [-0.2, -0.15) is 0 Å². The highest BCUT2D eigenvalue weighted by Gasteiger charge is 2.19. The van der Waals surface area contributed by atoms with E-state index >= 15 is 0 Å². The van der Waals surface area contributed by atoms with Crippen LogP contribution in [-0.4, -0.2) is 43.7 Å². The maximum absolute atomic E-state index is 12.5. The molecule has 0 saturated carbocycles. The number of ether oxygens (including phenoxy) is 2. The molecule has 24 heavy (non-hydrogen) atoms. The molecule has 2 aromatic carbocycles. The second kappa shape index (κ2) is 8.17. The summed E-state index contributed by atoms with van der Waals surface area (Å²) in [5.74, 6) is 0.960. The number of carbonyl (C=O) groups excluding carboxylic acids is 1. The first-order valence-corrected chi connectivity index (χ1v) is 8.17. The van der Waals surface area contributed by atoms with Gasteiger partial charge in [-0.25, -0.2) is 0 Å². The molecule has 2 rings (SSSR count). The SMILES string of the molecule is COc1ccc(C(O)CN(C)C(=O)c2ccccc2Br)cc1OC. The zero-order valence-electron chi connectivity index (χ0n) is 13.8. The quantitative estimate of drug-likeness (QED) is 0.817. The lowest BCUT2D eigenvalue weighted by atomic mass is 10.1. The zero-order valence-corrected chi connectivity index (χ0v) is 15.4. The number of hydrogen-bond acceptors (Lipinski definition) is 4. The molecule has 0 aromatic heterocycles. The van der Waals surface area contributed by atoms with Crippen LogP contribution in [0.5, 0.6) is 11.5 Å². The van der Waals surface area contributed by atoms with Crippen molar-refractivity contribution in [2.75, 3.05) is 27.8 Å². The molecule has 1 atom stereocenters. The van der Waals surface area contributed by atoms with E-state index in [0.717, 1.165) is 4.47 Å². The Morgan fingerprint density at radius 3 is 2.46 bits per heavy atom. The lowest BCUT2D eigenvalue weighted by Gasteiger charge is -2.22. The van der Waals surface area contributed by atoms with Crippen molar-refractivity contribution in [1.29, 1.82) is 0 Å². The molecule has 0 fully saturated rings. The minimum absolute atomic E-state index is 0.162. The van der Waals surface area contributed by atoms with Gasteiger partial charge in [0.05, 0.1) is 32.4 Å². The number of amides is 1. The fraction of sp³-hybridized carbons (Fsp3) is 0.278. The van der Waals surface area contributed by atoms with Crippen LogP contribution < -0.4 is 9.47 Å². The Kier molecular flexibility index (Phi) is 6.23. The fourth-order valence-electron chi connectivity index (χ4n) is 2.35. The van der Waals surface area contributed by atoms with Crippen LogP contribution in [0.15, 0.2) is 46.9 Å². The van der Waals surface area contributed by atoms with Gasteiger partial charge in [-0.1, -0.05) is 18.2 Å². The third kappa shape index (κ3) is 4.07. The van der Waals surface area contributed by atoms with Gasteiger partial charge in [0, 0.05) is 11.5 Å². The molecule has 128 valence electrons. The number of halogens is 1. The molecule has 5 nitrogen and oxygen atoms in total.